The van der Waals surface area contributed by atoms with E-state index in [4.69, 9.17) is 5.73 Å². The summed E-state index contributed by atoms with van der Waals surface area (Å²) in [6.45, 7) is 0.409. The van der Waals surface area contributed by atoms with Crippen LogP contribution in [0.5, 0.6) is 0 Å². The number of hydrogen-bond donors (Lipinski definition) is 1. The molecule has 0 spiro atoms. The van der Waals surface area contributed by atoms with Crippen molar-refractivity contribution in [3.05, 3.63) is 48.3 Å². The van der Waals surface area contributed by atoms with Gasteiger partial charge in [0.25, 0.3) is 0 Å². The number of sulfone groups is 1. The van der Waals surface area contributed by atoms with E-state index in [1.807, 2.05) is 12.1 Å². The van der Waals surface area contributed by atoms with Crippen molar-refractivity contribution >= 4 is 34.7 Å². The molecule has 0 saturated carbocycles. The van der Waals surface area contributed by atoms with Crippen molar-refractivity contribution in [2.24, 2.45) is 5.73 Å². The first-order valence-electron chi connectivity index (χ1n) is 5.45. The molecular weight excluding hydrogens is 319 g/mol. The first kappa shape index (κ1) is 18.9. The molecule has 0 amide bonds. The van der Waals surface area contributed by atoms with Gasteiger partial charge in [0.15, 0.2) is 9.84 Å². The molecule has 4 nitrogen and oxygen atoms in total. The summed E-state index contributed by atoms with van der Waals surface area (Å²) in [5, 5.41) is 0. The monoisotopic (exact) mass is 334 g/mol. The van der Waals surface area contributed by atoms with E-state index < -0.39 is 9.84 Å². The number of aromatic nitrogens is 1. The van der Waals surface area contributed by atoms with Crippen LogP contribution in [0.3, 0.4) is 0 Å². The minimum Gasteiger partial charge on any atom is -0.326 e. The second-order valence-corrected chi connectivity index (χ2v) is 6.10. The van der Waals surface area contributed by atoms with E-state index in [2.05, 4.69) is 4.98 Å². The number of rotatable bonds is 3. The fourth-order valence-corrected chi connectivity index (χ4v) is 2.33. The smallest absolute Gasteiger partial charge is 0.175 e. The zero-order valence-corrected chi connectivity index (χ0v) is 13.3. The second kappa shape index (κ2) is 7.59. The summed E-state index contributed by atoms with van der Waals surface area (Å²) < 4.78 is 23.0. The van der Waals surface area contributed by atoms with Crippen LogP contribution in [0.1, 0.15) is 5.56 Å². The highest BCUT2D eigenvalue weighted by Gasteiger charge is 2.08. The summed E-state index contributed by atoms with van der Waals surface area (Å²) in [6.07, 6.45) is 4.59. The summed E-state index contributed by atoms with van der Waals surface area (Å²) in [6, 6.07) is 8.72. The van der Waals surface area contributed by atoms with Crippen LogP contribution in [0, 0.1) is 0 Å². The van der Waals surface area contributed by atoms with Gasteiger partial charge in [-0.2, -0.15) is 0 Å². The van der Waals surface area contributed by atoms with Gasteiger partial charge in [-0.25, -0.2) is 8.42 Å². The third-order valence-electron chi connectivity index (χ3n) is 2.63. The molecule has 0 bridgehead atoms. The first-order valence-corrected chi connectivity index (χ1v) is 7.34. The standard InChI is InChI=1S/C13H14N2O2S.2ClH/c1-18(16,17)13-4-2-3-11(6-13)12-5-10(7-14)8-15-9-12;;/h2-6,8-9H,7,14H2,1H3;2*1H. The summed E-state index contributed by atoms with van der Waals surface area (Å²) in [5.74, 6) is 0. The molecule has 7 heteroatoms. The Bertz CT molecular complexity index is 676. The van der Waals surface area contributed by atoms with E-state index in [1.165, 1.54) is 6.26 Å². The molecule has 2 rings (SSSR count). The van der Waals surface area contributed by atoms with Crippen molar-refractivity contribution < 1.29 is 8.42 Å². The molecule has 0 aliphatic rings. The molecule has 0 unspecified atom stereocenters. The van der Waals surface area contributed by atoms with Crippen molar-refractivity contribution in [3.8, 4) is 11.1 Å². The summed E-state index contributed by atoms with van der Waals surface area (Å²) >= 11 is 0. The lowest BCUT2D eigenvalue weighted by molar-refractivity contribution is 0.602. The van der Waals surface area contributed by atoms with Gasteiger partial charge < -0.3 is 5.73 Å². The number of nitrogens with two attached hydrogens (primary N) is 1. The van der Waals surface area contributed by atoms with Crippen molar-refractivity contribution in [1.82, 2.24) is 4.98 Å². The highest BCUT2D eigenvalue weighted by atomic mass is 35.5. The Kier molecular flexibility index (Phi) is 7.16. The lowest BCUT2D eigenvalue weighted by atomic mass is 10.1. The molecule has 0 aliphatic carbocycles. The molecular formula is C13H16Cl2N2O2S. The van der Waals surface area contributed by atoms with Gasteiger partial charge in [-0.1, -0.05) is 12.1 Å². The second-order valence-electron chi connectivity index (χ2n) is 4.09. The van der Waals surface area contributed by atoms with Gasteiger partial charge in [0.1, 0.15) is 0 Å². The molecule has 0 radical (unpaired) electrons. The van der Waals surface area contributed by atoms with Crippen LogP contribution in [0.4, 0.5) is 0 Å². The Labute approximate surface area is 131 Å². The quantitative estimate of drug-likeness (QED) is 0.935. The third kappa shape index (κ3) is 4.45. The maximum Gasteiger partial charge on any atom is 0.175 e. The molecule has 110 valence electrons. The van der Waals surface area contributed by atoms with E-state index in [0.29, 0.717) is 11.4 Å². The molecule has 0 saturated heterocycles. The highest BCUT2D eigenvalue weighted by Crippen LogP contribution is 2.22. The van der Waals surface area contributed by atoms with Gasteiger partial charge in [0.2, 0.25) is 0 Å². The average Bonchev–Trinajstić information content (AvgIpc) is 2.38. The van der Waals surface area contributed by atoms with Crippen LogP contribution >= 0.6 is 24.8 Å². The predicted molar refractivity (Wildman–Crippen MR) is 85.2 cm³/mol. The minimum absolute atomic E-state index is 0. The topological polar surface area (TPSA) is 73.0 Å². The SMILES string of the molecule is CS(=O)(=O)c1cccc(-c2cncc(CN)c2)c1.Cl.Cl. The highest BCUT2D eigenvalue weighted by molar-refractivity contribution is 7.90. The Balaban J connectivity index is 0.00000180. The van der Waals surface area contributed by atoms with Crippen molar-refractivity contribution in [1.29, 1.82) is 0 Å². The maximum absolute atomic E-state index is 11.5. The molecule has 1 aromatic carbocycles. The fourth-order valence-electron chi connectivity index (χ4n) is 1.66. The maximum atomic E-state index is 11.5. The van der Waals surface area contributed by atoms with Crippen LogP contribution in [0.2, 0.25) is 0 Å². The molecule has 2 aromatic rings. The lowest BCUT2D eigenvalue weighted by Crippen LogP contribution is -1.98. The van der Waals surface area contributed by atoms with Gasteiger partial charge in [-0.3, -0.25) is 4.98 Å². The molecule has 0 fully saturated rings. The molecule has 0 atom stereocenters. The number of pyridine rings is 1. The predicted octanol–water partition coefficient (Wildman–Crippen LogP) is 2.45. The number of benzene rings is 1. The largest absolute Gasteiger partial charge is 0.326 e. The summed E-state index contributed by atoms with van der Waals surface area (Å²) in [7, 11) is -3.19. The van der Waals surface area contributed by atoms with Crippen LogP contribution < -0.4 is 5.73 Å². The number of halogens is 2. The van der Waals surface area contributed by atoms with Crippen molar-refractivity contribution in [2.45, 2.75) is 11.4 Å². The molecule has 2 N–H and O–H groups in total. The Morgan fingerprint density at radius 2 is 1.80 bits per heavy atom. The molecule has 0 aliphatic heterocycles. The number of hydrogen-bond acceptors (Lipinski definition) is 4. The van der Waals surface area contributed by atoms with E-state index in [0.717, 1.165) is 16.7 Å². The zero-order valence-electron chi connectivity index (χ0n) is 10.8. The van der Waals surface area contributed by atoms with Gasteiger partial charge in [-0.05, 0) is 29.3 Å². The third-order valence-corrected chi connectivity index (χ3v) is 3.74. The van der Waals surface area contributed by atoms with Crippen molar-refractivity contribution in [2.75, 3.05) is 6.26 Å². The average molecular weight is 335 g/mol. The van der Waals surface area contributed by atoms with Gasteiger partial charge >= 0.3 is 0 Å². The molecule has 1 aromatic heterocycles. The van der Waals surface area contributed by atoms with Gasteiger partial charge in [0.05, 0.1) is 4.90 Å². The van der Waals surface area contributed by atoms with E-state index in [-0.39, 0.29) is 24.8 Å². The Hall–Kier alpha value is -1.14. The Morgan fingerprint density at radius 1 is 1.10 bits per heavy atom. The van der Waals surface area contributed by atoms with Crippen LogP contribution in [-0.2, 0) is 16.4 Å². The zero-order chi connectivity index (χ0) is 13.2. The first-order chi connectivity index (χ1) is 8.50. The minimum atomic E-state index is -3.19. The van der Waals surface area contributed by atoms with Crippen LogP contribution in [-0.4, -0.2) is 19.7 Å². The van der Waals surface area contributed by atoms with E-state index in [9.17, 15) is 8.42 Å². The normalized spacial score (nSPS) is 10.3. The summed E-state index contributed by atoms with van der Waals surface area (Å²) in [5.41, 5.74) is 8.16. The number of nitrogens with zero attached hydrogens (tertiary/aromatic N) is 1. The van der Waals surface area contributed by atoms with Gasteiger partial charge in [0, 0.05) is 30.8 Å². The van der Waals surface area contributed by atoms with E-state index in [1.54, 1.807) is 30.6 Å². The fraction of sp³-hybridized carbons (Fsp3) is 0.154. The lowest BCUT2D eigenvalue weighted by Gasteiger charge is -2.05. The van der Waals surface area contributed by atoms with Crippen molar-refractivity contribution in [3.63, 3.8) is 0 Å². The molecule has 20 heavy (non-hydrogen) atoms. The van der Waals surface area contributed by atoms with Crippen LogP contribution in [0.15, 0.2) is 47.6 Å². The Morgan fingerprint density at radius 3 is 2.40 bits per heavy atom. The van der Waals surface area contributed by atoms with E-state index >= 15 is 0 Å². The molecule has 1 heterocycles. The summed E-state index contributed by atoms with van der Waals surface area (Å²) in [4.78, 5) is 4.40. The van der Waals surface area contributed by atoms with Crippen LogP contribution in [0.25, 0.3) is 11.1 Å². The van der Waals surface area contributed by atoms with Gasteiger partial charge in [-0.15, -0.1) is 24.8 Å².